The lowest BCUT2D eigenvalue weighted by atomic mass is 10.2. The number of benzene rings is 1. The zero-order valence-electron chi connectivity index (χ0n) is 16.7. The van der Waals surface area contributed by atoms with Gasteiger partial charge in [-0.25, -0.2) is 14.1 Å². The Hall–Kier alpha value is -3.13. The maximum atomic E-state index is 14.5. The van der Waals surface area contributed by atoms with Gasteiger partial charge >= 0.3 is 0 Å². The summed E-state index contributed by atoms with van der Waals surface area (Å²) in [6.45, 7) is 4.04. The largest absolute Gasteiger partial charge is 0.486 e. The number of hydrogen-bond acceptors (Lipinski definition) is 6. The Balaban J connectivity index is 1.24. The van der Waals surface area contributed by atoms with Crippen molar-refractivity contribution >= 4 is 0 Å². The summed E-state index contributed by atoms with van der Waals surface area (Å²) >= 11 is 0. The van der Waals surface area contributed by atoms with Gasteiger partial charge in [0.05, 0.1) is 23.8 Å². The molecule has 30 heavy (non-hydrogen) atoms. The first-order valence-corrected chi connectivity index (χ1v) is 10.1. The maximum Gasteiger partial charge on any atom is 0.257 e. The quantitative estimate of drug-likeness (QED) is 0.644. The molecule has 3 aromatic rings. The van der Waals surface area contributed by atoms with E-state index < -0.39 is 0 Å². The number of halogens is 1. The summed E-state index contributed by atoms with van der Waals surface area (Å²) in [5.41, 5.74) is 1.34. The number of likely N-dealkylation sites (tertiary alicyclic amines) is 1. The fourth-order valence-electron chi connectivity index (χ4n) is 3.92. The molecule has 8 heteroatoms. The molecule has 0 saturated carbocycles. The summed E-state index contributed by atoms with van der Waals surface area (Å²) in [7, 11) is 0. The minimum Gasteiger partial charge on any atom is -0.486 e. The molecule has 0 amide bonds. The molecular weight excluding hydrogens is 387 g/mol. The number of aromatic nitrogens is 3. The zero-order chi connectivity index (χ0) is 20.5. The Bertz CT molecular complexity index is 1030. The summed E-state index contributed by atoms with van der Waals surface area (Å²) in [6, 6.07) is 11.5. The molecule has 156 valence electrons. The molecular formula is C22H23FN4O3. The predicted molar refractivity (Wildman–Crippen MR) is 108 cm³/mol. The molecule has 0 spiro atoms. The molecule has 0 aliphatic carbocycles. The number of nitrogens with zero attached hydrogens (tertiary/aromatic N) is 4. The molecule has 7 nitrogen and oxygen atoms in total. The number of ether oxygens (including phenoxy) is 3. The molecule has 0 bridgehead atoms. The first-order chi connectivity index (χ1) is 14.7. The second-order valence-electron chi connectivity index (χ2n) is 7.63. The fraction of sp³-hybridized carbons (Fsp3) is 0.364. The van der Waals surface area contributed by atoms with Gasteiger partial charge < -0.3 is 14.2 Å². The van der Waals surface area contributed by atoms with E-state index in [2.05, 4.69) is 21.9 Å². The van der Waals surface area contributed by atoms with Gasteiger partial charge in [-0.1, -0.05) is 18.2 Å². The van der Waals surface area contributed by atoms with Gasteiger partial charge in [-0.15, -0.1) is 0 Å². The molecule has 1 saturated heterocycles. The van der Waals surface area contributed by atoms with E-state index in [0.717, 1.165) is 17.9 Å². The zero-order valence-corrected chi connectivity index (χ0v) is 16.7. The summed E-state index contributed by atoms with van der Waals surface area (Å²) in [4.78, 5) is 6.51. The van der Waals surface area contributed by atoms with Crippen LogP contribution in [0.2, 0.25) is 0 Å². The number of rotatable bonds is 5. The van der Waals surface area contributed by atoms with Crippen molar-refractivity contribution in [3.63, 3.8) is 0 Å². The van der Waals surface area contributed by atoms with Crippen molar-refractivity contribution in [2.24, 2.45) is 0 Å². The van der Waals surface area contributed by atoms with Gasteiger partial charge in [0.15, 0.2) is 11.5 Å². The average Bonchev–Trinajstić information content (AvgIpc) is 3.36. The van der Waals surface area contributed by atoms with Gasteiger partial charge in [0.1, 0.15) is 25.1 Å². The van der Waals surface area contributed by atoms with Crippen molar-refractivity contribution in [3.8, 4) is 23.1 Å². The summed E-state index contributed by atoms with van der Waals surface area (Å²) in [5.74, 6) is 1.08. The topological polar surface area (TPSA) is 61.6 Å². The van der Waals surface area contributed by atoms with Gasteiger partial charge in [0, 0.05) is 31.6 Å². The van der Waals surface area contributed by atoms with E-state index in [4.69, 9.17) is 14.2 Å². The van der Waals surface area contributed by atoms with Crippen LogP contribution in [-0.4, -0.2) is 51.6 Å². The van der Waals surface area contributed by atoms with Crippen LogP contribution < -0.4 is 14.2 Å². The highest BCUT2D eigenvalue weighted by atomic mass is 19.1. The molecule has 1 fully saturated rings. The summed E-state index contributed by atoms with van der Waals surface area (Å²) < 4.78 is 33.3. The van der Waals surface area contributed by atoms with Gasteiger partial charge in [-0.05, 0) is 19.1 Å². The van der Waals surface area contributed by atoms with Crippen LogP contribution in [0.25, 0.3) is 5.69 Å². The van der Waals surface area contributed by atoms with E-state index in [1.54, 1.807) is 10.9 Å². The van der Waals surface area contributed by atoms with E-state index in [-0.39, 0.29) is 18.0 Å². The molecule has 0 unspecified atom stereocenters. The second-order valence-corrected chi connectivity index (χ2v) is 7.63. The van der Waals surface area contributed by atoms with Crippen LogP contribution in [0, 0.1) is 5.82 Å². The molecule has 0 N–H and O–H groups in total. The van der Waals surface area contributed by atoms with Crippen molar-refractivity contribution in [2.45, 2.75) is 32.0 Å². The summed E-state index contributed by atoms with van der Waals surface area (Å²) in [5, 5.41) is 4.38. The first-order valence-electron chi connectivity index (χ1n) is 10.1. The Morgan fingerprint density at radius 2 is 2.03 bits per heavy atom. The highest BCUT2D eigenvalue weighted by Gasteiger charge is 2.32. The van der Waals surface area contributed by atoms with Crippen LogP contribution in [0.5, 0.6) is 17.4 Å². The van der Waals surface area contributed by atoms with E-state index in [0.29, 0.717) is 43.6 Å². The lowest BCUT2D eigenvalue weighted by molar-refractivity contribution is 0.160. The van der Waals surface area contributed by atoms with Crippen LogP contribution in [0.1, 0.15) is 19.0 Å². The molecule has 2 aliphatic rings. The van der Waals surface area contributed by atoms with Crippen molar-refractivity contribution < 1.29 is 18.6 Å². The Labute approximate surface area is 174 Å². The monoisotopic (exact) mass is 410 g/mol. The van der Waals surface area contributed by atoms with Crippen molar-refractivity contribution in [1.82, 2.24) is 19.7 Å². The molecule has 2 atom stereocenters. The SMILES string of the molecule is C[C@H]1C[C@@H](Oc2cnn(-c3ccccc3)c2)CN1Cc1nc2c(cc1F)OCCO2. The minimum atomic E-state index is -0.375. The minimum absolute atomic E-state index is 0.00805. The highest BCUT2D eigenvalue weighted by Crippen LogP contribution is 2.31. The lowest BCUT2D eigenvalue weighted by Crippen LogP contribution is -2.29. The maximum absolute atomic E-state index is 14.5. The van der Waals surface area contributed by atoms with Crippen LogP contribution in [0.3, 0.4) is 0 Å². The van der Waals surface area contributed by atoms with E-state index in [9.17, 15) is 4.39 Å². The van der Waals surface area contributed by atoms with Crippen molar-refractivity contribution in [2.75, 3.05) is 19.8 Å². The molecule has 1 aromatic carbocycles. The van der Waals surface area contributed by atoms with E-state index in [1.165, 1.54) is 6.07 Å². The normalized spacial score (nSPS) is 21.0. The Kier molecular flexibility index (Phi) is 5.00. The standard InChI is InChI=1S/C22H23FN4O3/c1-15-9-17(30-18-11-24-27(13-18)16-5-3-2-4-6-16)12-26(15)14-20-19(23)10-21-22(25-20)29-8-7-28-21/h2-6,10-11,13,15,17H,7-9,12,14H2,1H3/t15-,17+/m0/s1. The molecule has 5 rings (SSSR count). The number of hydrogen-bond donors (Lipinski definition) is 0. The lowest BCUT2D eigenvalue weighted by Gasteiger charge is -2.22. The van der Waals surface area contributed by atoms with Gasteiger partial charge in [0.2, 0.25) is 0 Å². The third kappa shape index (κ3) is 3.82. The smallest absolute Gasteiger partial charge is 0.257 e. The van der Waals surface area contributed by atoms with Gasteiger partial charge in [-0.3, -0.25) is 4.90 Å². The van der Waals surface area contributed by atoms with Crippen LogP contribution in [-0.2, 0) is 6.54 Å². The molecule has 4 heterocycles. The van der Waals surface area contributed by atoms with Crippen LogP contribution in [0.15, 0.2) is 48.8 Å². The van der Waals surface area contributed by atoms with Crippen molar-refractivity contribution in [3.05, 3.63) is 60.3 Å². The van der Waals surface area contributed by atoms with E-state index >= 15 is 0 Å². The van der Waals surface area contributed by atoms with E-state index in [1.807, 2.05) is 36.5 Å². The third-order valence-corrected chi connectivity index (χ3v) is 5.46. The average molecular weight is 410 g/mol. The molecule has 2 aliphatic heterocycles. The molecule has 0 radical (unpaired) electrons. The second kappa shape index (κ2) is 7.95. The highest BCUT2D eigenvalue weighted by molar-refractivity contribution is 5.37. The third-order valence-electron chi connectivity index (χ3n) is 5.46. The molecule has 2 aromatic heterocycles. The first kappa shape index (κ1) is 18.9. The van der Waals surface area contributed by atoms with Gasteiger partial charge in [-0.2, -0.15) is 5.10 Å². The van der Waals surface area contributed by atoms with Gasteiger partial charge in [0.25, 0.3) is 5.88 Å². The number of fused-ring (bicyclic) bond motifs is 1. The number of pyridine rings is 1. The Morgan fingerprint density at radius 3 is 2.90 bits per heavy atom. The number of para-hydroxylation sites is 1. The summed E-state index contributed by atoms with van der Waals surface area (Å²) in [6.07, 6.45) is 4.46. The predicted octanol–water partition coefficient (Wildman–Crippen LogP) is 3.22. The Morgan fingerprint density at radius 1 is 1.20 bits per heavy atom. The van der Waals surface area contributed by atoms with Crippen molar-refractivity contribution in [1.29, 1.82) is 0 Å². The fourth-order valence-corrected chi connectivity index (χ4v) is 3.92. The van der Waals surface area contributed by atoms with Crippen LogP contribution >= 0.6 is 0 Å². The van der Waals surface area contributed by atoms with Crippen LogP contribution in [0.4, 0.5) is 4.39 Å².